The van der Waals surface area contributed by atoms with E-state index in [1.54, 1.807) is 13.4 Å². The highest BCUT2D eigenvalue weighted by Gasteiger charge is 2.43. The fourth-order valence-electron chi connectivity index (χ4n) is 3.20. The lowest BCUT2D eigenvalue weighted by Gasteiger charge is -2.46. The van der Waals surface area contributed by atoms with Gasteiger partial charge in [-0.1, -0.05) is 6.58 Å². The van der Waals surface area contributed by atoms with Crippen LogP contribution in [-0.2, 0) is 14.2 Å². The molecule has 2 rings (SSSR count). The Morgan fingerprint density at radius 2 is 2.00 bits per heavy atom. The van der Waals surface area contributed by atoms with Crippen LogP contribution in [0.25, 0.3) is 0 Å². The van der Waals surface area contributed by atoms with E-state index in [0.29, 0.717) is 18.1 Å². The van der Waals surface area contributed by atoms with Gasteiger partial charge in [-0.15, -0.1) is 0 Å². The fourth-order valence-corrected chi connectivity index (χ4v) is 3.20. The van der Waals surface area contributed by atoms with E-state index in [1.165, 1.54) is 0 Å². The van der Waals surface area contributed by atoms with Crippen molar-refractivity contribution in [3.63, 3.8) is 0 Å². The van der Waals surface area contributed by atoms with Crippen molar-refractivity contribution < 1.29 is 14.2 Å². The van der Waals surface area contributed by atoms with Crippen molar-refractivity contribution in [1.29, 1.82) is 0 Å². The molecule has 2 atom stereocenters. The molecule has 0 N–H and O–H groups in total. The van der Waals surface area contributed by atoms with Crippen LogP contribution >= 0.6 is 0 Å². The molecule has 0 aromatic heterocycles. The van der Waals surface area contributed by atoms with E-state index in [4.69, 9.17) is 14.2 Å². The number of hydrogen-bond acceptors (Lipinski definition) is 3. The van der Waals surface area contributed by atoms with Crippen LogP contribution < -0.4 is 0 Å². The Morgan fingerprint density at radius 3 is 2.50 bits per heavy atom. The van der Waals surface area contributed by atoms with Crippen molar-refractivity contribution in [2.75, 3.05) is 13.7 Å². The summed E-state index contributed by atoms with van der Waals surface area (Å²) in [6.07, 6.45) is 6.36. The van der Waals surface area contributed by atoms with E-state index >= 15 is 0 Å². The normalized spacial score (nSPS) is 42.8. The molecule has 92 valence electrons. The van der Waals surface area contributed by atoms with Crippen LogP contribution in [0.2, 0.25) is 0 Å². The third-order valence-corrected chi connectivity index (χ3v) is 3.67. The van der Waals surface area contributed by atoms with Gasteiger partial charge in [-0.2, -0.15) is 0 Å². The summed E-state index contributed by atoms with van der Waals surface area (Å²) in [6, 6.07) is 0. The molecule has 3 nitrogen and oxygen atoms in total. The molecule has 2 unspecified atom stereocenters. The molecular formula is C13H22O3. The average Bonchev–Trinajstić information content (AvgIpc) is 2.15. The molecule has 0 aromatic carbocycles. The highest BCUT2D eigenvalue weighted by atomic mass is 16.5. The first-order chi connectivity index (χ1) is 7.65. The molecule has 2 heterocycles. The second-order valence-corrected chi connectivity index (χ2v) is 5.32. The summed E-state index contributed by atoms with van der Waals surface area (Å²) in [7, 11) is 1.77. The lowest BCUT2D eigenvalue weighted by molar-refractivity contribution is -0.174. The van der Waals surface area contributed by atoms with Crippen molar-refractivity contribution in [2.45, 2.75) is 50.4 Å². The van der Waals surface area contributed by atoms with E-state index < -0.39 is 0 Å². The minimum Gasteiger partial charge on any atom is -0.496 e. The third kappa shape index (κ3) is 2.58. The van der Waals surface area contributed by atoms with Gasteiger partial charge in [0.1, 0.15) is 5.60 Å². The predicted molar refractivity (Wildman–Crippen MR) is 62.2 cm³/mol. The maximum atomic E-state index is 5.97. The summed E-state index contributed by atoms with van der Waals surface area (Å²) >= 11 is 0. The van der Waals surface area contributed by atoms with Crippen LogP contribution in [0, 0.1) is 5.92 Å². The Bertz CT molecular complexity index is 238. The Labute approximate surface area is 97.8 Å². The SMILES string of the molecule is C=COC1(C)CC2CC(COC)CC(C1)O2. The Hall–Kier alpha value is -0.540. The molecule has 0 radical (unpaired) electrons. The summed E-state index contributed by atoms with van der Waals surface area (Å²) in [5.41, 5.74) is -0.0760. The smallest absolute Gasteiger partial charge is 0.110 e. The minimum atomic E-state index is -0.0760. The molecule has 0 aromatic rings. The van der Waals surface area contributed by atoms with Gasteiger partial charge in [-0.05, 0) is 25.7 Å². The van der Waals surface area contributed by atoms with Gasteiger partial charge in [0.2, 0.25) is 0 Å². The van der Waals surface area contributed by atoms with E-state index in [1.807, 2.05) is 0 Å². The van der Waals surface area contributed by atoms with Gasteiger partial charge in [0, 0.05) is 26.6 Å². The lowest BCUT2D eigenvalue weighted by atomic mass is 9.78. The van der Waals surface area contributed by atoms with Crippen LogP contribution in [-0.4, -0.2) is 31.5 Å². The van der Waals surface area contributed by atoms with Crippen LogP contribution in [0.1, 0.15) is 32.6 Å². The Kier molecular flexibility index (Phi) is 3.55. The van der Waals surface area contributed by atoms with Crippen LogP contribution in [0.15, 0.2) is 12.8 Å². The number of hydrogen-bond donors (Lipinski definition) is 0. The standard InChI is InChI=1S/C13H22O3/c1-4-15-13(2)7-11-5-10(9-14-3)6-12(8-13)16-11/h4,10-12H,1,5-9H2,2-3H3. The number of methoxy groups -OCH3 is 1. The van der Waals surface area contributed by atoms with Crippen molar-refractivity contribution in [3.05, 3.63) is 12.8 Å². The highest BCUT2D eigenvalue weighted by Crippen LogP contribution is 2.40. The zero-order valence-electron chi connectivity index (χ0n) is 10.3. The van der Waals surface area contributed by atoms with E-state index in [9.17, 15) is 0 Å². The van der Waals surface area contributed by atoms with Gasteiger partial charge in [-0.25, -0.2) is 0 Å². The summed E-state index contributed by atoms with van der Waals surface area (Å²) in [6.45, 7) is 6.67. The van der Waals surface area contributed by atoms with Gasteiger partial charge >= 0.3 is 0 Å². The molecule has 0 amide bonds. The molecular weight excluding hydrogens is 204 g/mol. The summed E-state index contributed by atoms with van der Waals surface area (Å²) < 4.78 is 16.9. The van der Waals surface area contributed by atoms with Crippen molar-refractivity contribution in [1.82, 2.24) is 0 Å². The van der Waals surface area contributed by atoms with Gasteiger partial charge in [0.15, 0.2) is 0 Å². The fraction of sp³-hybridized carbons (Fsp3) is 0.846. The molecule has 2 fully saturated rings. The molecule has 0 spiro atoms. The number of ether oxygens (including phenoxy) is 3. The lowest BCUT2D eigenvalue weighted by Crippen LogP contribution is -2.49. The Morgan fingerprint density at radius 1 is 1.38 bits per heavy atom. The summed E-state index contributed by atoms with van der Waals surface area (Å²) in [5, 5.41) is 0. The first-order valence-electron chi connectivity index (χ1n) is 6.08. The largest absolute Gasteiger partial charge is 0.496 e. The quantitative estimate of drug-likeness (QED) is 0.689. The maximum Gasteiger partial charge on any atom is 0.110 e. The van der Waals surface area contributed by atoms with Gasteiger partial charge in [0.05, 0.1) is 18.5 Å². The van der Waals surface area contributed by atoms with Gasteiger partial charge in [-0.3, -0.25) is 0 Å². The molecule has 0 aliphatic carbocycles. The topological polar surface area (TPSA) is 27.7 Å². The Balaban J connectivity index is 1.96. The first-order valence-corrected chi connectivity index (χ1v) is 6.08. The van der Waals surface area contributed by atoms with Gasteiger partial charge in [0.25, 0.3) is 0 Å². The van der Waals surface area contributed by atoms with Crippen molar-refractivity contribution in [3.8, 4) is 0 Å². The molecule has 2 saturated heterocycles. The van der Waals surface area contributed by atoms with E-state index in [2.05, 4.69) is 13.5 Å². The van der Waals surface area contributed by atoms with Crippen molar-refractivity contribution in [2.24, 2.45) is 5.92 Å². The zero-order valence-corrected chi connectivity index (χ0v) is 10.3. The van der Waals surface area contributed by atoms with E-state index in [-0.39, 0.29) is 5.60 Å². The zero-order chi connectivity index (χ0) is 11.6. The third-order valence-electron chi connectivity index (χ3n) is 3.67. The summed E-state index contributed by atoms with van der Waals surface area (Å²) in [5.74, 6) is 0.655. The van der Waals surface area contributed by atoms with E-state index in [0.717, 1.165) is 32.3 Å². The second-order valence-electron chi connectivity index (χ2n) is 5.32. The molecule has 0 saturated carbocycles. The second kappa shape index (κ2) is 4.76. The molecule has 16 heavy (non-hydrogen) atoms. The molecule has 2 bridgehead atoms. The average molecular weight is 226 g/mol. The minimum absolute atomic E-state index is 0.0760. The first kappa shape index (κ1) is 11.9. The van der Waals surface area contributed by atoms with Crippen LogP contribution in [0.4, 0.5) is 0 Å². The molecule has 3 heteroatoms. The van der Waals surface area contributed by atoms with Crippen LogP contribution in [0.3, 0.4) is 0 Å². The van der Waals surface area contributed by atoms with Gasteiger partial charge < -0.3 is 14.2 Å². The molecule has 2 aliphatic heterocycles. The monoisotopic (exact) mass is 226 g/mol. The summed E-state index contributed by atoms with van der Waals surface area (Å²) in [4.78, 5) is 0. The van der Waals surface area contributed by atoms with Crippen LogP contribution in [0.5, 0.6) is 0 Å². The predicted octanol–water partition coefficient (Wildman–Crippen LogP) is 2.51. The maximum absolute atomic E-state index is 5.97. The number of fused-ring (bicyclic) bond motifs is 2. The molecule has 2 aliphatic rings. The highest BCUT2D eigenvalue weighted by molar-refractivity contribution is 4.94. The number of rotatable bonds is 4. The van der Waals surface area contributed by atoms with Crippen molar-refractivity contribution >= 4 is 0 Å².